The van der Waals surface area contributed by atoms with Gasteiger partial charge in [0.2, 0.25) is 0 Å². The number of allylic oxidation sites excluding steroid dienone is 1. The van der Waals surface area contributed by atoms with Gasteiger partial charge in [-0.1, -0.05) is 18.2 Å². The molecule has 0 aliphatic carbocycles. The van der Waals surface area contributed by atoms with Crippen LogP contribution in [0.15, 0.2) is 24.9 Å². The maximum absolute atomic E-state index is 6.17. The number of hydrogen-bond donors (Lipinski definition) is 1. The van der Waals surface area contributed by atoms with Crippen LogP contribution in [0.2, 0.25) is 5.02 Å². The molecule has 3 fully saturated rings. The van der Waals surface area contributed by atoms with Crippen LogP contribution in [0.3, 0.4) is 0 Å². The summed E-state index contributed by atoms with van der Waals surface area (Å²) >= 11 is 6.17. The number of fused-ring (bicyclic) bond motifs is 4. The monoisotopic (exact) mass is 328 g/mol. The minimum Gasteiger partial charge on any atom is -0.361 e. The Morgan fingerprint density at radius 3 is 2.65 bits per heavy atom. The van der Waals surface area contributed by atoms with Crippen molar-refractivity contribution < 1.29 is 0 Å². The molecule has 3 saturated heterocycles. The Kier molecular flexibility index (Phi) is 3.78. The number of benzene rings is 1. The van der Waals surface area contributed by atoms with Crippen molar-refractivity contribution >= 4 is 28.1 Å². The first-order chi connectivity index (χ1) is 11.1. The van der Waals surface area contributed by atoms with Crippen molar-refractivity contribution in [2.45, 2.75) is 39.0 Å². The van der Waals surface area contributed by atoms with E-state index >= 15 is 0 Å². The topological polar surface area (TPSA) is 19.0 Å². The maximum Gasteiger partial charge on any atom is 0.0477 e. The molecule has 122 valence electrons. The van der Waals surface area contributed by atoms with E-state index < -0.39 is 0 Å². The number of H-pyrrole nitrogens is 1. The highest BCUT2D eigenvalue weighted by atomic mass is 35.5. The summed E-state index contributed by atoms with van der Waals surface area (Å²) in [6, 6.07) is 4.06. The minimum absolute atomic E-state index is 0.585. The van der Waals surface area contributed by atoms with Gasteiger partial charge < -0.3 is 9.88 Å². The van der Waals surface area contributed by atoms with Gasteiger partial charge in [0.15, 0.2) is 0 Å². The van der Waals surface area contributed by atoms with Gasteiger partial charge >= 0.3 is 0 Å². The first-order valence-corrected chi connectivity index (χ1v) is 9.12. The number of nitrogens with one attached hydrogen (secondary N) is 1. The molecule has 0 radical (unpaired) electrons. The second kappa shape index (κ2) is 5.68. The van der Waals surface area contributed by atoms with Crippen LogP contribution in [0.25, 0.3) is 16.5 Å². The zero-order valence-corrected chi connectivity index (χ0v) is 14.7. The molecule has 2 aromatic rings. The molecule has 3 aliphatic heterocycles. The lowest BCUT2D eigenvalue weighted by Crippen LogP contribution is -2.48. The first kappa shape index (κ1) is 15.3. The highest BCUT2D eigenvalue weighted by molar-refractivity contribution is 6.31. The molecule has 0 unspecified atom stereocenters. The molecule has 0 saturated carbocycles. The molecule has 0 atom stereocenters. The number of rotatable bonds is 4. The van der Waals surface area contributed by atoms with E-state index in [9.17, 15) is 0 Å². The summed E-state index contributed by atoms with van der Waals surface area (Å²) in [5.41, 5.74) is 5.48. The van der Waals surface area contributed by atoms with Crippen molar-refractivity contribution in [3.8, 4) is 0 Å². The average molecular weight is 329 g/mol. The molecule has 1 aromatic carbocycles. The Balaban J connectivity index is 1.53. The maximum atomic E-state index is 6.17. The zero-order chi connectivity index (χ0) is 16.0. The summed E-state index contributed by atoms with van der Waals surface area (Å²) in [4.78, 5) is 5.98. The third-order valence-corrected chi connectivity index (χ3v) is 6.37. The smallest absolute Gasteiger partial charge is 0.0477 e. The summed E-state index contributed by atoms with van der Waals surface area (Å²) in [7, 11) is 0. The summed E-state index contributed by atoms with van der Waals surface area (Å²) in [5, 5.41) is 2.08. The van der Waals surface area contributed by atoms with Gasteiger partial charge in [-0.3, -0.25) is 0 Å². The van der Waals surface area contributed by atoms with Crippen LogP contribution in [0.4, 0.5) is 0 Å². The molecular weight excluding hydrogens is 304 g/mol. The van der Waals surface area contributed by atoms with Crippen LogP contribution in [0.1, 0.15) is 43.2 Å². The Bertz CT molecular complexity index is 737. The molecule has 2 bridgehead atoms. The van der Waals surface area contributed by atoms with E-state index in [2.05, 4.69) is 29.6 Å². The van der Waals surface area contributed by atoms with Crippen LogP contribution in [0.5, 0.6) is 0 Å². The average Bonchev–Trinajstić information content (AvgIpc) is 2.98. The standard InChI is InChI=1S/C20H25ClN2/c1-14(3-4-20-5-8-23(9-6-20)10-7-20)17-13-22-18-12-16(21)11-15(2)19(17)18/h11-13,22H,1,3-10H2,2H3. The highest BCUT2D eigenvalue weighted by Gasteiger charge is 2.38. The second-order valence-electron chi connectivity index (χ2n) is 7.54. The van der Waals surface area contributed by atoms with Gasteiger partial charge in [-0.05, 0) is 87.3 Å². The van der Waals surface area contributed by atoms with Crippen LogP contribution < -0.4 is 0 Å². The Morgan fingerprint density at radius 1 is 1.26 bits per heavy atom. The lowest BCUT2D eigenvalue weighted by atomic mass is 9.68. The van der Waals surface area contributed by atoms with Crippen molar-refractivity contribution in [1.82, 2.24) is 9.88 Å². The van der Waals surface area contributed by atoms with Gasteiger partial charge in [-0.25, -0.2) is 0 Å². The van der Waals surface area contributed by atoms with Crippen molar-refractivity contribution in [2.75, 3.05) is 19.6 Å². The normalized spacial score (nSPS) is 26.8. The molecule has 4 heterocycles. The van der Waals surface area contributed by atoms with Gasteiger partial charge in [0.1, 0.15) is 0 Å². The molecular formula is C20H25ClN2. The lowest BCUT2D eigenvalue weighted by Gasteiger charge is -2.48. The van der Waals surface area contributed by atoms with Crippen molar-refractivity contribution in [1.29, 1.82) is 0 Å². The summed E-state index contributed by atoms with van der Waals surface area (Å²) in [5.74, 6) is 0. The van der Waals surface area contributed by atoms with Gasteiger partial charge in [0.25, 0.3) is 0 Å². The highest BCUT2D eigenvalue weighted by Crippen LogP contribution is 2.45. The molecule has 3 heteroatoms. The molecule has 1 aromatic heterocycles. The Morgan fingerprint density at radius 2 is 1.96 bits per heavy atom. The minimum atomic E-state index is 0.585. The van der Waals surface area contributed by atoms with E-state index in [0.29, 0.717) is 5.41 Å². The van der Waals surface area contributed by atoms with Crippen molar-refractivity contribution in [3.05, 3.63) is 41.1 Å². The fourth-order valence-electron chi connectivity index (χ4n) is 4.54. The van der Waals surface area contributed by atoms with E-state index in [4.69, 9.17) is 11.6 Å². The van der Waals surface area contributed by atoms with Crippen LogP contribution in [-0.2, 0) is 0 Å². The quantitative estimate of drug-likeness (QED) is 0.795. The van der Waals surface area contributed by atoms with E-state index in [1.807, 2.05) is 12.1 Å². The fourth-order valence-corrected chi connectivity index (χ4v) is 4.81. The predicted molar refractivity (Wildman–Crippen MR) is 99.0 cm³/mol. The molecule has 3 aliphatic rings. The van der Waals surface area contributed by atoms with Crippen molar-refractivity contribution in [3.63, 3.8) is 0 Å². The van der Waals surface area contributed by atoms with E-state index in [0.717, 1.165) is 17.0 Å². The Hall–Kier alpha value is -1.25. The van der Waals surface area contributed by atoms with Crippen LogP contribution in [0, 0.1) is 12.3 Å². The summed E-state index contributed by atoms with van der Waals surface area (Å²) in [6.07, 6.45) is 8.64. The second-order valence-corrected chi connectivity index (χ2v) is 7.98. The number of nitrogens with zero attached hydrogens (tertiary/aromatic N) is 1. The van der Waals surface area contributed by atoms with E-state index in [1.165, 1.54) is 67.4 Å². The predicted octanol–water partition coefficient (Wildman–Crippen LogP) is 5.41. The van der Waals surface area contributed by atoms with E-state index in [-0.39, 0.29) is 0 Å². The zero-order valence-electron chi connectivity index (χ0n) is 13.9. The molecule has 23 heavy (non-hydrogen) atoms. The third kappa shape index (κ3) is 2.72. The van der Waals surface area contributed by atoms with Crippen LogP contribution in [-0.4, -0.2) is 29.5 Å². The molecule has 0 spiro atoms. The van der Waals surface area contributed by atoms with Crippen molar-refractivity contribution in [2.24, 2.45) is 5.41 Å². The first-order valence-electron chi connectivity index (χ1n) is 8.74. The number of aryl methyl sites for hydroxylation is 1. The number of halogens is 1. The Labute approximate surface area is 143 Å². The fraction of sp³-hybridized carbons (Fsp3) is 0.500. The summed E-state index contributed by atoms with van der Waals surface area (Å²) < 4.78 is 0. The molecule has 1 N–H and O–H groups in total. The third-order valence-electron chi connectivity index (χ3n) is 6.15. The summed E-state index contributed by atoms with van der Waals surface area (Å²) in [6.45, 7) is 10.5. The lowest BCUT2D eigenvalue weighted by molar-refractivity contribution is 0.0211. The number of aromatic nitrogens is 1. The molecule has 2 nitrogen and oxygen atoms in total. The molecule has 0 amide bonds. The van der Waals surface area contributed by atoms with Gasteiger partial charge in [-0.15, -0.1) is 0 Å². The largest absolute Gasteiger partial charge is 0.361 e. The number of aromatic amines is 1. The number of hydrogen-bond acceptors (Lipinski definition) is 1. The van der Waals surface area contributed by atoms with E-state index in [1.54, 1.807) is 0 Å². The number of piperidine rings is 3. The molecule has 5 rings (SSSR count). The van der Waals surface area contributed by atoms with Gasteiger partial charge in [-0.2, -0.15) is 0 Å². The SMILES string of the molecule is C=C(CCC12CCN(CC1)CC2)c1c[nH]c2cc(Cl)cc(C)c12. The van der Waals surface area contributed by atoms with Gasteiger partial charge in [0, 0.05) is 27.7 Å². The van der Waals surface area contributed by atoms with Gasteiger partial charge in [0.05, 0.1) is 0 Å². The van der Waals surface area contributed by atoms with Crippen LogP contribution >= 0.6 is 11.6 Å².